The number of hydrogen-bond acceptors (Lipinski definition) is 7. The highest BCUT2D eigenvalue weighted by atomic mass is 32.2. The molecule has 9 heteroatoms. The number of imide groups is 1. The van der Waals surface area contributed by atoms with Crippen LogP contribution in [0.2, 0.25) is 0 Å². The highest BCUT2D eigenvalue weighted by molar-refractivity contribution is 8.00. The first kappa shape index (κ1) is 14.7. The van der Waals surface area contributed by atoms with Crippen LogP contribution in [0.3, 0.4) is 0 Å². The Morgan fingerprint density at radius 1 is 1.27 bits per heavy atom. The van der Waals surface area contributed by atoms with Crippen LogP contribution in [0.15, 0.2) is 35.5 Å². The van der Waals surface area contributed by atoms with Gasteiger partial charge < -0.3 is 10.7 Å². The van der Waals surface area contributed by atoms with Gasteiger partial charge >= 0.3 is 0 Å². The second kappa shape index (κ2) is 5.85. The predicted octanol–water partition coefficient (Wildman–Crippen LogP) is 1.54. The maximum Gasteiger partial charge on any atom is 0.247 e. The van der Waals surface area contributed by atoms with Gasteiger partial charge in [-0.25, -0.2) is 4.90 Å². The van der Waals surface area contributed by atoms with E-state index in [4.69, 9.17) is 18.0 Å². The molecule has 1 saturated heterocycles. The third-order valence-electron chi connectivity index (χ3n) is 3.02. The van der Waals surface area contributed by atoms with E-state index in [1.54, 1.807) is 24.3 Å². The van der Waals surface area contributed by atoms with Crippen LogP contribution in [0.4, 0.5) is 11.6 Å². The van der Waals surface area contributed by atoms with E-state index in [9.17, 15) is 9.59 Å². The average Bonchev–Trinajstić information content (AvgIpc) is 2.73. The maximum atomic E-state index is 12.5. The Balaban J connectivity index is 1.84. The first-order valence-electron chi connectivity index (χ1n) is 6.37. The number of aromatic amines is 1. The fraction of sp³-hybridized carbons (Fsp3) is 0.154. The van der Waals surface area contributed by atoms with E-state index < -0.39 is 5.25 Å². The Bertz CT molecular complexity index is 793. The SMILES string of the molecule is Nc1nc(SC2CC(=O)N(c3ccccc3)C2=O)nc(=S)[nH]1. The second-order valence-electron chi connectivity index (χ2n) is 4.54. The molecule has 3 N–H and O–H groups in total. The molecule has 0 bridgehead atoms. The number of anilines is 2. The van der Waals surface area contributed by atoms with Gasteiger partial charge in [-0.15, -0.1) is 0 Å². The fourth-order valence-corrected chi connectivity index (χ4v) is 3.34. The molecule has 112 valence electrons. The number of benzene rings is 1. The summed E-state index contributed by atoms with van der Waals surface area (Å²) in [5.41, 5.74) is 6.13. The molecule has 1 aromatic carbocycles. The van der Waals surface area contributed by atoms with E-state index in [0.29, 0.717) is 5.69 Å². The first-order valence-corrected chi connectivity index (χ1v) is 7.66. The zero-order valence-corrected chi connectivity index (χ0v) is 12.9. The molecule has 1 unspecified atom stereocenters. The molecule has 1 aromatic heterocycles. The number of nitrogens with zero attached hydrogens (tertiary/aromatic N) is 3. The first-order chi connectivity index (χ1) is 10.5. The summed E-state index contributed by atoms with van der Waals surface area (Å²) in [6, 6.07) is 8.81. The lowest BCUT2D eigenvalue weighted by atomic mass is 10.3. The number of nitrogens with one attached hydrogen (secondary N) is 1. The van der Waals surface area contributed by atoms with Crippen molar-refractivity contribution in [3.05, 3.63) is 35.1 Å². The van der Waals surface area contributed by atoms with Crippen LogP contribution in [0.25, 0.3) is 0 Å². The summed E-state index contributed by atoms with van der Waals surface area (Å²) in [5.74, 6) is -0.413. The number of nitrogen functional groups attached to an aromatic ring is 1. The fourth-order valence-electron chi connectivity index (χ4n) is 2.10. The molecule has 1 atom stereocenters. The van der Waals surface area contributed by atoms with E-state index in [0.717, 1.165) is 11.8 Å². The summed E-state index contributed by atoms with van der Waals surface area (Å²) in [6.45, 7) is 0. The number of aromatic nitrogens is 3. The Morgan fingerprint density at radius 2 is 2.00 bits per heavy atom. The van der Waals surface area contributed by atoms with Gasteiger partial charge in [0.05, 0.1) is 5.69 Å². The molecule has 2 aromatic rings. The van der Waals surface area contributed by atoms with Gasteiger partial charge in [0.15, 0.2) is 5.16 Å². The normalized spacial score (nSPS) is 18.0. The van der Waals surface area contributed by atoms with E-state index in [1.807, 2.05) is 6.07 Å². The lowest BCUT2D eigenvalue weighted by molar-refractivity contribution is -0.121. The minimum atomic E-state index is -0.580. The van der Waals surface area contributed by atoms with Gasteiger partial charge in [-0.1, -0.05) is 30.0 Å². The lowest BCUT2D eigenvalue weighted by Crippen LogP contribution is -2.31. The highest BCUT2D eigenvalue weighted by Gasteiger charge is 2.40. The maximum absolute atomic E-state index is 12.5. The van der Waals surface area contributed by atoms with Gasteiger partial charge in [0.1, 0.15) is 5.25 Å². The second-order valence-corrected chi connectivity index (χ2v) is 6.09. The smallest absolute Gasteiger partial charge is 0.247 e. The molecule has 7 nitrogen and oxygen atoms in total. The molecule has 0 spiro atoms. The largest absolute Gasteiger partial charge is 0.369 e. The molecule has 3 rings (SSSR count). The van der Waals surface area contributed by atoms with Crippen molar-refractivity contribution in [2.45, 2.75) is 16.8 Å². The molecule has 22 heavy (non-hydrogen) atoms. The zero-order chi connectivity index (χ0) is 15.7. The van der Waals surface area contributed by atoms with Crippen molar-refractivity contribution in [1.29, 1.82) is 0 Å². The predicted molar refractivity (Wildman–Crippen MR) is 84.8 cm³/mol. The van der Waals surface area contributed by atoms with Crippen LogP contribution in [0.1, 0.15) is 6.42 Å². The van der Waals surface area contributed by atoms with Crippen molar-refractivity contribution in [2.75, 3.05) is 10.6 Å². The van der Waals surface area contributed by atoms with Crippen molar-refractivity contribution in [3.8, 4) is 0 Å². The summed E-state index contributed by atoms with van der Waals surface area (Å²) in [7, 11) is 0. The van der Waals surface area contributed by atoms with E-state index in [2.05, 4.69) is 15.0 Å². The number of nitrogens with two attached hydrogens (primary N) is 1. The van der Waals surface area contributed by atoms with Crippen LogP contribution in [0.5, 0.6) is 0 Å². The molecule has 1 aliphatic heterocycles. The summed E-state index contributed by atoms with van der Waals surface area (Å²) in [5, 5.41) is -0.300. The number of carbonyl (C=O) groups excluding carboxylic acids is 2. The van der Waals surface area contributed by atoms with Gasteiger partial charge in [-0.05, 0) is 24.4 Å². The Hall–Kier alpha value is -2.26. The van der Waals surface area contributed by atoms with Crippen molar-refractivity contribution in [1.82, 2.24) is 15.0 Å². The van der Waals surface area contributed by atoms with Gasteiger partial charge in [0.25, 0.3) is 0 Å². The van der Waals surface area contributed by atoms with Crippen LogP contribution in [0, 0.1) is 4.77 Å². The van der Waals surface area contributed by atoms with E-state index in [1.165, 1.54) is 4.90 Å². The van der Waals surface area contributed by atoms with Crippen LogP contribution in [-0.2, 0) is 9.59 Å². The number of H-pyrrole nitrogens is 1. The standard InChI is InChI=1S/C13H11N5O2S2/c14-11-15-12(21)17-13(16-11)22-8-6-9(19)18(10(8)20)7-4-2-1-3-5-7/h1-5,8H,6H2,(H3,14,15,16,17,21). The Kier molecular flexibility index (Phi) is 3.90. The molecule has 1 fully saturated rings. The number of hydrogen-bond donors (Lipinski definition) is 2. The Morgan fingerprint density at radius 3 is 2.68 bits per heavy atom. The molecule has 0 aliphatic carbocycles. The molecule has 0 saturated carbocycles. The van der Waals surface area contributed by atoms with Crippen molar-refractivity contribution in [2.24, 2.45) is 0 Å². The summed E-state index contributed by atoms with van der Waals surface area (Å²) in [4.78, 5) is 36.3. The number of carbonyl (C=O) groups is 2. The summed E-state index contributed by atoms with van der Waals surface area (Å²) >= 11 is 6.01. The zero-order valence-electron chi connectivity index (χ0n) is 11.2. The van der Waals surface area contributed by atoms with Gasteiger partial charge in [0.2, 0.25) is 22.5 Å². The third-order valence-corrected chi connectivity index (χ3v) is 4.26. The molecule has 2 amide bonds. The van der Waals surface area contributed by atoms with Crippen LogP contribution < -0.4 is 10.6 Å². The van der Waals surface area contributed by atoms with E-state index >= 15 is 0 Å². The van der Waals surface area contributed by atoms with Gasteiger partial charge in [-0.2, -0.15) is 9.97 Å². The van der Waals surface area contributed by atoms with E-state index in [-0.39, 0.29) is 34.1 Å². The van der Waals surface area contributed by atoms with Crippen molar-refractivity contribution < 1.29 is 9.59 Å². The molecule has 1 aliphatic rings. The van der Waals surface area contributed by atoms with Crippen LogP contribution >= 0.6 is 24.0 Å². The quantitative estimate of drug-likeness (QED) is 0.648. The monoisotopic (exact) mass is 333 g/mol. The highest BCUT2D eigenvalue weighted by Crippen LogP contribution is 2.32. The number of amides is 2. The topological polar surface area (TPSA) is 105 Å². The van der Waals surface area contributed by atoms with Gasteiger partial charge in [0, 0.05) is 6.42 Å². The molecule has 2 heterocycles. The van der Waals surface area contributed by atoms with Gasteiger partial charge in [-0.3, -0.25) is 9.59 Å². The molecule has 0 radical (unpaired) electrons. The van der Waals surface area contributed by atoms with Crippen LogP contribution in [-0.4, -0.2) is 32.0 Å². The average molecular weight is 333 g/mol. The Labute approximate surface area is 135 Å². The van der Waals surface area contributed by atoms with Crippen molar-refractivity contribution >= 4 is 47.4 Å². The summed E-state index contributed by atoms with van der Waals surface area (Å²) < 4.78 is 0.187. The molecular weight excluding hydrogens is 322 g/mol. The minimum absolute atomic E-state index is 0.0903. The lowest BCUT2D eigenvalue weighted by Gasteiger charge is -2.14. The minimum Gasteiger partial charge on any atom is -0.369 e. The van der Waals surface area contributed by atoms with Crippen molar-refractivity contribution in [3.63, 3.8) is 0 Å². The molecular formula is C13H11N5O2S2. The number of rotatable bonds is 3. The third kappa shape index (κ3) is 2.85. The number of para-hydroxylation sites is 1. The number of thioether (sulfide) groups is 1. The summed E-state index contributed by atoms with van der Waals surface area (Å²) in [6.07, 6.45) is 0.0903.